The summed E-state index contributed by atoms with van der Waals surface area (Å²) in [6.45, 7) is 14.5. The summed E-state index contributed by atoms with van der Waals surface area (Å²) in [5.74, 6) is 1.43. The number of aromatic amines is 1. The summed E-state index contributed by atoms with van der Waals surface area (Å²) in [6.07, 6.45) is 3.60. The third kappa shape index (κ3) is 8.79. The lowest BCUT2D eigenvalue weighted by Gasteiger charge is -2.36. The van der Waals surface area contributed by atoms with Gasteiger partial charge < -0.3 is 19.9 Å². The summed E-state index contributed by atoms with van der Waals surface area (Å²) in [5, 5.41) is 10.3. The molecule has 2 heterocycles. The van der Waals surface area contributed by atoms with Crippen LogP contribution in [-0.4, -0.2) is 70.4 Å². The third-order valence-corrected chi connectivity index (χ3v) is 4.72. The van der Waals surface area contributed by atoms with Crippen LogP contribution in [0.3, 0.4) is 0 Å². The second-order valence-electron chi connectivity index (χ2n) is 8.20. The van der Waals surface area contributed by atoms with E-state index in [4.69, 9.17) is 9.73 Å². The fourth-order valence-electron chi connectivity index (χ4n) is 3.26. The minimum absolute atomic E-state index is 0. The van der Waals surface area contributed by atoms with Crippen LogP contribution in [0.2, 0.25) is 0 Å². The van der Waals surface area contributed by atoms with Gasteiger partial charge in [-0.2, -0.15) is 5.10 Å². The van der Waals surface area contributed by atoms with Crippen molar-refractivity contribution in [2.24, 2.45) is 10.9 Å². The molecule has 0 unspecified atom stereocenters. The van der Waals surface area contributed by atoms with Gasteiger partial charge >= 0.3 is 6.09 Å². The Kier molecular flexibility index (Phi) is 10.8. The predicted molar refractivity (Wildman–Crippen MR) is 127 cm³/mol. The molecular weight excluding hydrogens is 483 g/mol. The van der Waals surface area contributed by atoms with Crippen LogP contribution in [-0.2, 0) is 11.3 Å². The van der Waals surface area contributed by atoms with Crippen molar-refractivity contribution < 1.29 is 9.53 Å². The summed E-state index contributed by atoms with van der Waals surface area (Å²) in [7, 11) is 0. The van der Waals surface area contributed by atoms with Gasteiger partial charge in [0.1, 0.15) is 5.60 Å². The van der Waals surface area contributed by atoms with Crippen molar-refractivity contribution in [2.45, 2.75) is 59.6 Å². The maximum atomic E-state index is 12.4. The Morgan fingerprint density at radius 1 is 1.38 bits per heavy atom. The van der Waals surface area contributed by atoms with Crippen molar-refractivity contribution >= 4 is 36.0 Å². The molecule has 1 aliphatic heterocycles. The van der Waals surface area contributed by atoms with E-state index in [1.807, 2.05) is 38.7 Å². The van der Waals surface area contributed by atoms with Gasteiger partial charge in [0.25, 0.3) is 0 Å². The number of guanidine groups is 1. The molecule has 166 valence electrons. The summed E-state index contributed by atoms with van der Waals surface area (Å²) in [6, 6.07) is 1.94. The lowest BCUT2D eigenvalue weighted by Crippen LogP contribution is -2.47. The van der Waals surface area contributed by atoms with Gasteiger partial charge in [-0.25, -0.2) is 9.79 Å². The normalized spacial score (nSPS) is 15.6. The predicted octanol–water partition coefficient (Wildman–Crippen LogP) is 3.46. The maximum absolute atomic E-state index is 12.4. The number of aliphatic imine (C=N–C) groups is 1. The van der Waals surface area contributed by atoms with E-state index in [-0.39, 0.29) is 30.1 Å². The second-order valence-corrected chi connectivity index (χ2v) is 8.20. The van der Waals surface area contributed by atoms with Crippen LogP contribution in [0.4, 0.5) is 4.79 Å². The number of likely N-dealkylation sites (tertiary alicyclic amines) is 1. The molecule has 1 aliphatic rings. The van der Waals surface area contributed by atoms with E-state index in [1.165, 1.54) is 0 Å². The van der Waals surface area contributed by atoms with Gasteiger partial charge in [-0.05, 0) is 59.4 Å². The number of nitrogens with one attached hydrogen (secondary N) is 2. The first kappa shape index (κ1) is 25.5. The quantitative estimate of drug-likeness (QED) is 0.341. The number of ether oxygens (including phenoxy) is 1. The van der Waals surface area contributed by atoms with Crippen LogP contribution in [0.25, 0.3) is 0 Å². The molecule has 0 spiro atoms. The molecule has 1 fully saturated rings. The second kappa shape index (κ2) is 12.2. The first-order valence-corrected chi connectivity index (χ1v) is 10.3. The van der Waals surface area contributed by atoms with Gasteiger partial charge in [0.2, 0.25) is 0 Å². The van der Waals surface area contributed by atoms with Gasteiger partial charge in [-0.1, -0.05) is 0 Å². The molecule has 1 amide bonds. The monoisotopic (exact) mass is 520 g/mol. The number of carbonyl (C=O) groups excluding carboxylic acids is 1. The molecule has 29 heavy (non-hydrogen) atoms. The van der Waals surface area contributed by atoms with Crippen molar-refractivity contribution in [3.8, 4) is 0 Å². The van der Waals surface area contributed by atoms with Crippen LogP contribution in [0, 0.1) is 5.92 Å². The molecular formula is C20H37IN6O2. The van der Waals surface area contributed by atoms with Gasteiger partial charge in [0.15, 0.2) is 5.96 Å². The van der Waals surface area contributed by atoms with Crippen molar-refractivity contribution in [3.05, 3.63) is 18.0 Å². The van der Waals surface area contributed by atoms with E-state index in [0.29, 0.717) is 19.0 Å². The number of carbonyl (C=O) groups is 1. The lowest BCUT2D eigenvalue weighted by molar-refractivity contribution is 0.0214. The fraction of sp³-hybridized carbons (Fsp3) is 0.750. The molecule has 9 heteroatoms. The zero-order valence-electron chi connectivity index (χ0n) is 18.4. The third-order valence-electron chi connectivity index (χ3n) is 4.72. The number of nitrogens with zero attached hydrogens (tertiary/aromatic N) is 4. The zero-order chi connectivity index (χ0) is 20.6. The number of amides is 1. The van der Waals surface area contributed by atoms with Gasteiger partial charge in [0, 0.05) is 38.9 Å². The number of hydrogen-bond acceptors (Lipinski definition) is 4. The Bertz CT molecular complexity index is 621. The SMILES string of the molecule is CCNC(=NCc1ccn[nH]1)N1CCC(CN(CC)C(=O)OC(C)(C)C)CC1.I. The molecule has 2 rings (SSSR count). The largest absolute Gasteiger partial charge is 0.444 e. The van der Waals surface area contributed by atoms with E-state index in [2.05, 4.69) is 27.3 Å². The molecule has 0 atom stereocenters. The van der Waals surface area contributed by atoms with Crippen molar-refractivity contribution in [2.75, 3.05) is 32.7 Å². The first-order chi connectivity index (χ1) is 13.3. The Hall–Kier alpha value is -1.52. The first-order valence-electron chi connectivity index (χ1n) is 10.3. The lowest BCUT2D eigenvalue weighted by atomic mass is 9.96. The number of hydrogen-bond donors (Lipinski definition) is 2. The smallest absolute Gasteiger partial charge is 0.410 e. The summed E-state index contributed by atoms with van der Waals surface area (Å²) >= 11 is 0. The standard InChI is InChI=1S/C20H36N6O2.HI/c1-6-21-18(22-14-17-8-11-23-24-17)26-12-9-16(10-13-26)15-25(7-2)19(27)28-20(3,4)5;/h8,11,16H,6-7,9-10,12-15H2,1-5H3,(H,21,22)(H,23,24);1H. The van der Waals surface area contributed by atoms with Crippen LogP contribution in [0.15, 0.2) is 17.3 Å². The highest BCUT2D eigenvalue weighted by molar-refractivity contribution is 14.0. The van der Waals surface area contributed by atoms with E-state index in [1.54, 1.807) is 6.20 Å². The highest BCUT2D eigenvalue weighted by Gasteiger charge is 2.27. The number of piperidine rings is 1. The molecule has 0 saturated carbocycles. The molecule has 0 radical (unpaired) electrons. The van der Waals surface area contributed by atoms with Crippen LogP contribution < -0.4 is 5.32 Å². The number of halogens is 1. The van der Waals surface area contributed by atoms with Crippen LogP contribution in [0.5, 0.6) is 0 Å². The molecule has 0 aliphatic carbocycles. The Balaban J connectivity index is 0.00000420. The molecule has 1 aromatic heterocycles. The molecule has 1 saturated heterocycles. The Labute approximate surface area is 191 Å². The van der Waals surface area contributed by atoms with E-state index in [0.717, 1.165) is 50.7 Å². The van der Waals surface area contributed by atoms with Crippen molar-refractivity contribution in [3.63, 3.8) is 0 Å². The van der Waals surface area contributed by atoms with Gasteiger partial charge in [-0.15, -0.1) is 24.0 Å². The number of H-pyrrole nitrogens is 1. The van der Waals surface area contributed by atoms with E-state index >= 15 is 0 Å². The fourth-order valence-corrected chi connectivity index (χ4v) is 3.26. The molecule has 1 aromatic rings. The highest BCUT2D eigenvalue weighted by atomic mass is 127. The average molecular weight is 520 g/mol. The van der Waals surface area contributed by atoms with Crippen LogP contribution in [0.1, 0.15) is 53.2 Å². The van der Waals surface area contributed by atoms with Crippen molar-refractivity contribution in [1.82, 2.24) is 25.3 Å². The highest BCUT2D eigenvalue weighted by Crippen LogP contribution is 2.20. The molecule has 2 N–H and O–H groups in total. The summed E-state index contributed by atoms with van der Waals surface area (Å²) in [5.41, 5.74) is 0.543. The summed E-state index contributed by atoms with van der Waals surface area (Å²) in [4.78, 5) is 21.2. The zero-order valence-corrected chi connectivity index (χ0v) is 20.7. The Morgan fingerprint density at radius 3 is 2.59 bits per heavy atom. The molecule has 0 aromatic carbocycles. The average Bonchev–Trinajstić information content (AvgIpc) is 3.16. The minimum Gasteiger partial charge on any atom is -0.444 e. The molecule has 8 nitrogen and oxygen atoms in total. The van der Waals surface area contributed by atoms with Crippen LogP contribution >= 0.6 is 24.0 Å². The van der Waals surface area contributed by atoms with E-state index < -0.39 is 5.60 Å². The topological polar surface area (TPSA) is 85.9 Å². The van der Waals surface area contributed by atoms with E-state index in [9.17, 15) is 4.79 Å². The molecule has 0 bridgehead atoms. The minimum atomic E-state index is -0.459. The number of aromatic nitrogens is 2. The Morgan fingerprint density at radius 2 is 2.07 bits per heavy atom. The summed E-state index contributed by atoms with van der Waals surface area (Å²) < 4.78 is 5.53. The van der Waals surface area contributed by atoms with Gasteiger partial charge in [-0.3, -0.25) is 5.10 Å². The maximum Gasteiger partial charge on any atom is 0.410 e. The van der Waals surface area contributed by atoms with Crippen molar-refractivity contribution in [1.29, 1.82) is 0 Å². The number of rotatable bonds is 6. The van der Waals surface area contributed by atoms with Gasteiger partial charge in [0.05, 0.1) is 12.2 Å².